The fourth-order valence-electron chi connectivity index (χ4n) is 12.4. The summed E-state index contributed by atoms with van der Waals surface area (Å²) in [7, 11) is 6.21. The molecule has 4 nitrogen and oxygen atoms in total. The number of carbonyl (C=O) groups excluding carboxylic acids is 1. The lowest BCUT2D eigenvalue weighted by Crippen LogP contribution is -2.66. The van der Waals surface area contributed by atoms with Crippen LogP contribution in [0.5, 0.6) is 0 Å². The van der Waals surface area contributed by atoms with E-state index >= 15 is 0 Å². The number of hydrogen-bond acceptors (Lipinski definition) is 3. The number of carbonyl (C=O) groups is 1. The van der Waals surface area contributed by atoms with Crippen LogP contribution in [0.2, 0.25) is 0 Å². The van der Waals surface area contributed by atoms with Gasteiger partial charge in [-0.15, -0.1) is 0 Å². The molecule has 0 aromatic carbocycles. The minimum Gasteiger partial charge on any atom is -0.458 e. The maximum atomic E-state index is 12.9. The maximum Gasteiger partial charge on any atom is 0.362 e. The van der Waals surface area contributed by atoms with Crippen LogP contribution >= 0.6 is 0 Å². The molecule has 4 saturated carbocycles. The molecule has 1 aliphatic heterocycles. The zero-order valence-electron chi connectivity index (χ0n) is 28.2. The van der Waals surface area contributed by atoms with Crippen molar-refractivity contribution < 1.29 is 18.8 Å². The van der Waals surface area contributed by atoms with Crippen molar-refractivity contribution in [1.82, 2.24) is 0 Å². The van der Waals surface area contributed by atoms with E-state index in [1.54, 1.807) is 0 Å². The standard InChI is InChI=1S/C36H64NO3/c1-12-18-32(2,3)31-30-24(23-39-31)15-20-35(7)25(30)13-14-27-34(6)19-17-28(40-29(38)22-37(9,10)11)33(4,5)26(34)16-21-36(27,35)8/h24-28,30-31H,12-23H2,1-11H3/q+1/t24-,25?,26?,27?,28?,30?,31-,34+,35-,36-/m1/s1. The van der Waals surface area contributed by atoms with Crippen LogP contribution in [-0.2, 0) is 14.3 Å². The topological polar surface area (TPSA) is 35.5 Å². The number of ether oxygens (including phenoxy) is 2. The molecule has 4 heteroatoms. The van der Waals surface area contributed by atoms with Gasteiger partial charge in [0.25, 0.3) is 0 Å². The summed E-state index contributed by atoms with van der Waals surface area (Å²) in [5.41, 5.74) is 1.35. The monoisotopic (exact) mass is 558 g/mol. The molecule has 230 valence electrons. The first-order chi connectivity index (χ1) is 18.4. The molecule has 0 N–H and O–H groups in total. The van der Waals surface area contributed by atoms with E-state index < -0.39 is 0 Å². The smallest absolute Gasteiger partial charge is 0.362 e. The molecule has 0 bridgehead atoms. The van der Waals surface area contributed by atoms with Crippen molar-refractivity contribution in [2.75, 3.05) is 34.3 Å². The van der Waals surface area contributed by atoms with Crippen LogP contribution in [-0.4, -0.2) is 57.0 Å². The molecule has 1 heterocycles. The number of rotatable bonds is 6. The second-order valence-electron chi connectivity index (χ2n) is 18.3. The number of nitrogens with zero attached hydrogens (tertiary/aromatic N) is 1. The molecule has 0 amide bonds. The van der Waals surface area contributed by atoms with Crippen molar-refractivity contribution >= 4 is 5.97 Å². The van der Waals surface area contributed by atoms with Gasteiger partial charge in [-0.3, -0.25) is 0 Å². The summed E-state index contributed by atoms with van der Waals surface area (Å²) in [6.07, 6.45) is 13.3. The van der Waals surface area contributed by atoms with E-state index in [0.29, 0.717) is 39.3 Å². The van der Waals surface area contributed by atoms with Gasteiger partial charge in [0.1, 0.15) is 6.10 Å². The van der Waals surface area contributed by atoms with Gasteiger partial charge in [-0.1, -0.05) is 61.8 Å². The summed E-state index contributed by atoms with van der Waals surface area (Å²) in [6.45, 7) is 21.7. The number of quaternary nitrogens is 1. The molecule has 10 atom stereocenters. The van der Waals surface area contributed by atoms with Gasteiger partial charge in [-0.05, 0) is 109 Å². The van der Waals surface area contributed by atoms with Crippen molar-refractivity contribution in [3.63, 3.8) is 0 Å². The van der Waals surface area contributed by atoms with Gasteiger partial charge in [0.15, 0.2) is 6.54 Å². The van der Waals surface area contributed by atoms with Crippen LogP contribution in [0.4, 0.5) is 0 Å². The van der Waals surface area contributed by atoms with Gasteiger partial charge < -0.3 is 14.0 Å². The molecule has 5 rings (SSSR count). The van der Waals surface area contributed by atoms with Gasteiger partial charge in [-0.25, -0.2) is 4.79 Å². The highest BCUT2D eigenvalue weighted by Gasteiger charge is 2.70. The third kappa shape index (κ3) is 4.63. The van der Waals surface area contributed by atoms with E-state index in [1.807, 2.05) is 0 Å². The Bertz CT molecular complexity index is 966. The van der Waals surface area contributed by atoms with Gasteiger partial charge >= 0.3 is 5.97 Å². The first-order valence-corrected chi connectivity index (χ1v) is 17.0. The molecule has 5 unspecified atom stereocenters. The second kappa shape index (κ2) is 9.96. The highest BCUT2D eigenvalue weighted by molar-refractivity contribution is 5.70. The fraction of sp³-hybridized carbons (Fsp3) is 0.972. The molecule has 4 aliphatic carbocycles. The number of hydrogen-bond donors (Lipinski definition) is 0. The molecule has 0 aromatic heterocycles. The second-order valence-corrected chi connectivity index (χ2v) is 18.3. The van der Waals surface area contributed by atoms with E-state index in [2.05, 4.69) is 76.5 Å². The number of likely N-dealkylation sites (N-methyl/N-ethyl adjacent to an activating group) is 1. The fourth-order valence-corrected chi connectivity index (χ4v) is 12.4. The van der Waals surface area contributed by atoms with Gasteiger partial charge in [0.05, 0.1) is 33.9 Å². The van der Waals surface area contributed by atoms with Crippen LogP contribution in [0, 0.1) is 56.7 Å². The molecule has 0 spiro atoms. The summed E-state index contributed by atoms with van der Waals surface area (Å²) in [5.74, 6) is 3.62. The quantitative estimate of drug-likeness (QED) is 0.244. The molecule has 0 aromatic rings. The Morgan fingerprint density at radius 1 is 0.900 bits per heavy atom. The lowest BCUT2D eigenvalue weighted by atomic mass is 9.33. The molecule has 5 aliphatic rings. The maximum absolute atomic E-state index is 12.9. The Kier molecular flexibility index (Phi) is 7.68. The van der Waals surface area contributed by atoms with E-state index in [1.165, 1.54) is 57.8 Å². The summed E-state index contributed by atoms with van der Waals surface area (Å²) >= 11 is 0. The van der Waals surface area contributed by atoms with E-state index in [9.17, 15) is 4.79 Å². The largest absolute Gasteiger partial charge is 0.458 e. The van der Waals surface area contributed by atoms with Crippen LogP contribution in [0.1, 0.15) is 120 Å². The molecular weight excluding hydrogens is 494 g/mol. The van der Waals surface area contributed by atoms with Crippen LogP contribution in [0.15, 0.2) is 0 Å². The number of esters is 1. The molecule has 0 radical (unpaired) electrons. The summed E-state index contributed by atoms with van der Waals surface area (Å²) in [6, 6.07) is 0. The SMILES string of the molecule is CCCC(C)(C)[C@@H]1OC[C@H]2CC[C@]3(C)C(CCC4[C@@]5(C)CCC(OC(=O)C[N+](C)(C)C)C(C)(C)C5CC[C@]43C)C21. The third-order valence-corrected chi connectivity index (χ3v) is 14.3. The summed E-state index contributed by atoms with van der Waals surface area (Å²) < 4.78 is 13.7. The minimum atomic E-state index is -0.0288. The lowest BCUT2D eigenvalue weighted by Gasteiger charge is -2.72. The van der Waals surface area contributed by atoms with Crippen LogP contribution in [0.25, 0.3) is 0 Å². The lowest BCUT2D eigenvalue weighted by molar-refractivity contribution is -0.862. The zero-order chi connectivity index (χ0) is 29.5. The van der Waals surface area contributed by atoms with Crippen LogP contribution in [0.3, 0.4) is 0 Å². The Morgan fingerprint density at radius 3 is 2.23 bits per heavy atom. The normalized spacial score (nSPS) is 46.5. The van der Waals surface area contributed by atoms with E-state index in [0.717, 1.165) is 36.7 Å². The van der Waals surface area contributed by atoms with E-state index in [-0.39, 0.29) is 22.9 Å². The molecule has 1 saturated heterocycles. The zero-order valence-corrected chi connectivity index (χ0v) is 28.2. The highest BCUT2D eigenvalue weighted by atomic mass is 16.5. The van der Waals surface area contributed by atoms with Crippen molar-refractivity contribution in [1.29, 1.82) is 0 Å². The Labute approximate surface area is 247 Å². The highest BCUT2D eigenvalue weighted by Crippen LogP contribution is 2.75. The summed E-state index contributed by atoms with van der Waals surface area (Å²) in [5, 5.41) is 0. The van der Waals surface area contributed by atoms with Gasteiger partial charge in [-0.2, -0.15) is 0 Å². The van der Waals surface area contributed by atoms with E-state index in [4.69, 9.17) is 9.47 Å². The predicted octanol–water partition coefficient (Wildman–Crippen LogP) is 8.13. The van der Waals surface area contributed by atoms with Crippen molar-refractivity contribution in [3.8, 4) is 0 Å². The minimum absolute atomic E-state index is 0.0128. The number of fused-ring (bicyclic) bond motifs is 7. The Hall–Kier alpha value is -0.610. The van der Waals surface area contributed by atoms with Crippen LogP contribution < -0.4 is 0 Å². The van der Waals surface area contributed by atoms with Crippen molar-refractivity contribution in [3.05, 3.63) is 0 Å². The van der Waals surface area contributed by atoms with Crippen molar-refractivity contribution in [2.24, 2.45) is 56.7 Å². The Morgan fingerprint density at radius 2 is 1.57 bits per heavy atom. The first kappa shape index (κ1) is 30.8. The van der Waals surface area contributed by atoms with Crippen molar-refractivity contribution in [2.45, 2.75) is 132 Å². The van der Waals surface area contributed by atoms with Gasteiger partial charge in [0, 0.05) is 5.41 Å². The predicted molar refractivity (Wildman–Crippen MR) is 164 cm³/mol. The third-order valence-electron chi connectivity index (χ3n) is 14.3. The Balaban J connectivity index is 1.40. The average Bonchev–Trinajstić information content (AvgIpc) is 3.25. The first-order valence-electron chi connectivity index (χ1n) is 17.0. The average molecular weight is 559 g/mol. The summed E-state index contributed by atoms with van der Waals surface area (Å²) in [4.78, 5) is 12.9. The molecular formula is C36H64NO3+. The molecule has 40 heavy (non-hydrogen) atoms. The van der Waals surface area contributed by atoms with Gasteiger partial charge in [0.2, 0.25) is 0 Å². The molecule has 5 fully saturated rings.